The first-order chi connectivity index (χ1) is 6.27. The molecule has 1 heterocycles. The predicted octanol–water partition coefficient (Wildman–Crippen LogP) is 2.75. The SMILES string of the molecule is CC(C)=C1COc2ccccc2O1. The molecule has 0 aliphatic carbocycles. The molecule has 13 heavy (non-hydrogen) atoms. The molecule has 0 atom stereocenters. The molecule has 0 unspecified atom stereocenters. The summed E-state index contributed by atoms with van der Waals surface area (Å²) in [6, 6.07) is 7.71. The zero-order chi connectivity index (χ0) is 9.26. The van der Waals surface area contributed by atoms with E-state index >= 15 is 0 Å². The summed E-state index contributed by atoms with van der Waals surface area (Å²) in [6.07, 6.45) is 0. The zero-order valence-electron chi connectivity index (χ0n) is 7.83. The Morgan fingerprint density at radius 1 is 1.15 bits per heavy atom. The minimum atomic E-state index is 0.541. The first-order valence-electron chi connectivity index (χ1n) is 4.33. The highest BCUT2D eigenvalue weighted by Gasteiger charge is 2.15. The van der Waals surface area contributed by atoms with Crippen molar-refractivity contribution >= 4 is 0 Å². The first-order valence-corrected chi connectivity index (χ1v) is 4.33. The number of rotatable bonds is 0. The number of fused-ring (bicyclic) bond motifs is 1. The third-order valence-electron chi connectivity index (χ3n) is 2.00. The molecule has 2 nitrogen and oxygen atoms in total. The van der Waals surface area contributed by atoms with Gasteiger partial charge in [-0.1, -0.05) is 12.1 Å². The second kappa shape index (κ2) is 3.13. The summed E-state index contributed by atoms with van der Waals surface area (Å²) in [5, 5.41) is 0. The molecule has 0 fully saturated rings. The molecule has 0 bridgehead atoms. The highest BCUT2D eigenvalue weighted by Crippen LogP contribution is 2.32. The van der Waals surface area contributed by atoms with E-state index in [4.69, 9.17) is 9.47 Å². The molecule has 1 aliphatic heterocycles. The van der Waals surface area contributed by atoms with Gasteiger partial charge in [0.2, 0.25) is 0 Å². The van der Waals surface area contributed by atoms with Crippen molar-refractivity contribution in [3.8, 4) is 11.5 Å². The number of ether oxygens (including phenoxy) is 2. The van der Waals surface area contributed by atoms with E-state index in [1.54, 1.807) is 0 Å². The van der Waals surface area contributed by atoms with Gasteiger partial charge >= 0.3 is 0 Å². The van der Waals surface area contributed by atoms with E-state index in [0.29, 0.717) is 6.61 Å². The Morgan fingerprint density at radius 3 is 2.54 bits per heavy atom. The molecular weight excluding hydrogens is 164 g/mol. The van der Waals surface area contributed by atoms with Crippen molar-refractivity contribution in [2.45, 2.75) is 13.8 Å². The summed E-state index contributed by atoms with van der Waals surface area (Å²) in [4.78, 5) is 0. The summed E-state index contributed by atoms with van der Waals surface area (Å²) in [7, 11) is 0. The number of hydrogen-bond donors (Lipinski definition) is 0. The quantitative estimate of drug-likeness (QED) is 0.605. The minimum absolute atomic E-state index is 0.541. The van der Waals surface area contributed by atoms with Crippen LogP contribution in [-0.2, 0) is 0 Å². The van der Waals surface area contributed by atoms with Crippen LogP contribution in [0.25, 0.3) is 0 Å². The maximum absolute atomic E-state index is 5.65. The van der Waals surface area contributed by atoms with E-state index in [9.17, 15) is 0 Å². The highest BCUT2D eigenvalue weighted by molar-refractivity contribution is 5.42. The summed E-state index contributed by atoms with van der Waals surface area (Å²) in [5.74, 6) is 2.55. The lowest BCUT2D eigenvalue weighted by molar-refractivity contribution is 0.229. The van der Waals surface area contributed by atoms with E-state index in [2.05, 4.69) is 0 Å². The third-order valence-corrected chi connectivity index (χ3v) is 2.00. The fourth-order valence-corrected chi connectivity index (χ4v) is 1.21. The molecule has 0 spiro atoms. The van der Waals surface area contributed by atoms with E-state index in [1.165, 1.54) is 0 Å². The van der Waals surface area contributed by atoms with Crippen LogP contribution in [0.2, 0.25) is 0 Å². The van der Waals surface area contributed by atoms with Crippen molar-refractivity contribution in [3.63, 3.8) is 0 Å². The van der Waals surface area contributed by atoms with Crippen LogP contribution in [0, 0.1) is 0 Å². The number of allylic oxidation sites excluding steroid dienone is 1. The molecule has 68 valence electrons. The molecule has 0 saturated heterocycles. The monoisotopic (exact) mass is 176 g/mol. The van der Waals surface area contributed by atoms with Crippen LogP contribution in [0.1, 0.15) is 13.8 Å². The van der Waals surface area contributed by atoms with Crippen molar-refractivity contribution in [1.29, 1.82) is 0 Å². The van der Waals surface area contributed by atoms with Crippen molar-refractivity contribution in [2.24, 2.45) is 0 Å². The van der Waals surface area contributed by atoms with Crippen molar-refractivity contribution in [2.75, 3.05) is 6.61 Å². The second-order valence-corrected chi connectivity index (χ2v) is 3.26. The average molecular weight is 176 g/mol. The molecule has 0 saturated carbocycles. The summed E-state index contributed by atoms with van der Waals surface area (Å²) in [5.41, 5.74) is 1.16. The van der Waals surface area contributed by atoms with Crippen LogP contribution < -0.4 is 9.47 Å². The lowest BCUT2D eigenvalue weighted by Crippen LogP contribution is -2.14. The standard InChI is InChI=1S/C11H12O2/c1-8(2)11-7-12-9-5-3-4-6-10(9)13-11/h3-6H,7H2,1-2H3. The van der Waals surface area contributed by atoms with Gasteiger partial charge in [0.15, 0.2) is 11.5 Å². The van der Waals surface area contributed by atoms with Gasteiger partial charge in [-0.3, -0.25) is 0 Å². The Kier molecular flexibility index (Phi) is 1.97. The summed E-state index contributed by atoms with van der Waals surface area (Å²) in [6.45, 7) is 4.58. The molecule has 2 rings (SSSR count). The topological polar surface area (TPSA) is 18.5 Å². The predicted molar refractivity (Wildman–Crippen MR) is 50.9 cm³/mol. The van der Waals surface area contributed by atoms with Crippen LogP contribution in [-0.4, -0.2) is 6.61 Å². The maximum Gasteiger partial charge on any atom is 0.168 e. The van der Waals surface area contributed by atoms with Gasteiger partial charge in [-0.25, -0.2) is 0 Å². The maximum atomic E-state index is 5.65. The van der Waals surface area contributed by atoms with Crippen LogP contribution in [0.4, 0.5) is 0 Å². The van der Waals surface area contributed by atoms with Gasteiger partial charge in [-0.2, -0.15) is 0 Å². The summed E-state index contributed by atoms with van der Waals surface area (Å²) < 4.78 is 11.2. The van der Waals surface area contributed by atoms with Gasteiger partial charge in [-0.05, 0) is 31.6 Å². The van der Waals surface area contributed by atoms with Crippen molar-refractivity contribution in [3.05, 3.63) is 35.6 Å². The number of hydrogen-bond acceptors (Lipinski definition) is 2. The molecule has 0 aromatic heterocycles. The first kappa shape index (κ1) is 8.17. The van der Waals surface area contributed by atoms with Crippen molar-refractivity contribution in [1.82, 2.24) is 0 Å². The van der Waals surface area contributed by atoms with Crippen LogP contribution in [0.3, 0.4) is 0 Å². The summed E-state index contributed by atoms with van der Waals surface area (Å²) >= 11 is 0. The molecular formula is C11H12O2. The van der Waals surface area contributed by atoms with Gasteiger partial charge in [0, 0.05) is 0 Å². The Hall–Kier alpha value is -1.44. The lowest BCUT2D eigenvalue weighted by atomic mass is 10.2. The lowest BCUT2D eigenvalue weighted by Gasteiger charge is -2.21. The smallest absolute Gasteiger partial charge is 0.168 e. The van der Waals surface area contributed by atoms with Crippen LogP contribution in [0.5, 0.6) is 11.5 Å². The van der Waals surface area contributed by atoms with Gasteiger partial charge in [-0.15, -0.1) is 0 Å². The number of benzene rings is 1. The molecule has 0 N–H and O–H groups in total. The number of para-hydroxylation sites is 2. The highest BCUT2D eigenvalue weighted by atomic mass is 16.6. The van der Waals surface area contributed by atoms with Crippen LogP contribution >= 0.6 is 0 Å². The van der Waals surface area contributed by atoms with E-state index in [0.717, 1.165) is 22.8 Å². The van der Waals surface area contributed by atoms with Gasteiger partial charge in [0.05, 0.1) is 0 Å². The fraction of sp³-hybridized carbons (Fsp3) is 0.273. The van der Waals surface area contributed by atoms with E-state index < -0.39 is 0 Å². The zero-order valence-corrected chi connectivity index (χ0v) is 7.83. The molecule has 1 aromatic carbocycles. The average Bonchev–Trinajstić information content (AvgIpc) is 2.17. The van der Waals surface area contributed by atoms with E-state index in [1.807, 2.05) is 38.1 Å². The van der Waals surface area contributed by atoms with Gasteiger partial charge < -0.3 is 9.47 Å². The van der Waals surface area contributed by atoms with Gasteiger partial charge in [0.1, 0.15) is 12.4 Å². The minimum Gasteiger partial charge on any atom is -0.482 e. The van der Waals surface area contributed by atoms with E-state index in [-0.39, 0.29) is 0 Å². The normalized spacial score (nSPS) is 14.2. The molecule has 2 heteroatoms. The fourth-order valence-electron chi connectivity index (χ4n) is 1.21. The van der Waals surface area contributed by atoms with Crippen LogP contribution in [0.15, 0.2) is 35.6 Å². The Labute approximate surface area is 77.8 Å². The second-order valence-electron chi connectivity index (χ2n) is 3.26. The third kappa shape index (κ3) is 1.52. The Morgan fingerprint density at radius 2 is 1.85 bits per heavy atom. The largest absolute Gasteiger partial charge is 0.482 e. The Balaban J connectivity index is 2.35. The van der Waals surface area contributed by atoms with Gasteiger partial charge in [0.25, 0.3) is 0 Å². The molecule has 1 aliphatic rings. The Bertz CT molecular complexity index is 349. The molecule has 0 radical (unpaired) electrons. The molecule has 1 aromatic rings. The van der Waals surface area contributed by atoms with Crippen molar-refractivity contribution < 1.29 is 9.47 Å². The molecule has 0 amide bonds.